The molecule has 0 saturated heterocycles. The number of anilines is 6. The highest BCUT2D eigenvalue weighted by Crippen LogP contribution is 2.64. The number of para-hydroxylation sites is 3. The highest BCUT2D eigenvalue weighted by atomic mass is 15.2. The zero-order chi connectivity index (χ0) is 45.9. The molecular formula is C67H43BN2. The average molecular weight is 887 g/mol. The summed E-state index contributed by atoms with van der Waals surface area (Å²) in [6.45, 7) is -0.0402. The van der Waals surface area contributed by atoms with E-state index in [1.807, 2.05) is 0 Å². The van der Waals surface area contributed by atoms with Gasteiger partial charge in [-0.3, -0.25) is 0 Å². The Labute approximate surface area is 409 Å². The molecule has 4 aliphatic rings. The van der Waals surface area contributed by atoms with Gasteiger partial charge in [-0.25, -0.2) is 0 Å². The van der Waals surface area contributed by atoms with E-state index < -0.39 is 5.41 Å². The fourth-order valence-corrected chi connectivity index (χ4v) is 13.0. The maximum Gasteiger partial charge on any atom is 0.252 e. The third-order valence-electron chi connectivity index (χ3n) is 15.7. The zero-order valence-corrected chi connectivity index (χ0v) is 38.3. The van der Waals surface area contributed by atoms with E-state index in [2.05, 4.69) is 271 Å². The molecule has 1 spiro atoms. The molecule has 0 fully saturated rings. The number of rotatable bonds is 5. The maximum atomic E-state index is 2.55. The van der Waals surface area contributed by atoms with Crippen LogP contribution in [0.3, 0.4) is 0 Å². The Hall–Kier alpha value is -8.92. The smallest absolute Gasteiger partial charge is 0.252 e. The van der Waals surface area contributed by atoms with Crippen LogP contribution in [0.15, 0.2) is 261 Å². The lowest BCUT2D eigenvalue weighted by Crippen LogP contribution is -2.61. The molecular weight excluding hydrogens is 844 g/mol. The highest BCUT2D eigenvalue weighted by molar-refractivity contribution is 7.00. The SMILES string of the molecule is c1ccc(-c2ccccc2N2c3ccccc3B3c4cc(-c5cccc6c5-c5ccccc5C65c6ccccc6-c6ccccc65)ccc4N(c4ccccc4-c4ccccc4)c4cccc2c43)cc1. The average Bonchev–Trinajstić information content (AvgIpc) is 3.91. The van der Waals surface area contributed by atoms with E-state index in [1.165, 1.54) is 117 Å². The van der Waals surface area contributed by atoms with Crippen LogP contribution in [0.2, 0.25) is 0 Å². The first-order chi connectivity index (χ1) is 34.8. The molecule has 0 N–H and O–H groups in total. The summed E-state index contributed by atoms with van der Waals surface area (Å²) in [5.41, 5.74) is 28.5. The first-order valence-electron chi connectivity index (χ1n) is 24.5. The van der Waals surface area contributed by atoms with E-state index in [9.17, 15) is 0 Å². The second-order valence-electron chi connectivity index (χ2n) is 19.0. The van der Waals surface area contributed by atoms with Gasteiger partial charge in [0, 0.05) is 33.9 Å². The summed E-state index contributed by atoms with van der Waals surface area (Å²) in [4.78, 5) is 5.08. The van der Waals surface area contributed by atoms with Crippen LogP contribution in [-0.4, -0.2) is 6.71 Å². The molecule has 70 heavy (non-hydrogen) atoms. The van der Waals surface area contributed by atoms with Crippen LogP contribution >= 0.6 is 0 Å². The van der Waals surface area contributed by atoms with Crippen molar-refractivity contribution in [3.05, 3.63) is 283 Å². The molecule has 0 bridgehead atoms. The van der Waals surface area contributed by atoms with E-state index >= 15 is 0 Å². The molecule has 0 unspecified atom stereocenters. The van der Waals surface area contributed by atoms with Crippen molar-refractivity contribution in [2.24, 2.45) is 0 Å². The monoisotopic (exact) mass is 886 g/mol. The van der Waals surface area contributed by atoms with Crippen molar-refractivity contribution < 1.29 is 0 Å². The third kappa shape index (κ3) is 5.29. The Kier molecular flexibility index (Phi) is 8.41. The lowest BCUT2D eigenvalue weighted by Gasteiger charge is -2.44. The molecule has 0 amide bonds. The minimum Gasteiger partial charge on any atom is -0.311 e. The zero-order valence-electron chi connectivity index (χ0n) is 38.3. The molecule has 0 radical (unpaired) electrons. The van der Waals surface area contributed by atoms with Crippen molar-refractivity contribution in [3.63, 3.8) is 0 Å². The van der Waals surface area contributed by atoms with Gasteiger partial charge < -0.3 is 9.80 Å². The summed E-state index contributed by atoms with van der Waals surface area (Å²) in [5.74, 6) is 0. The third-order valence-corrected chi connectivity index (χ3v) is 15.7. The Morgan fingerprint density at radius 2 is 0.671 bits per heavy atom. The fraction of sp³-hybridized carbons (Fsp3) is 0.0149. The standard InChI is InChI=1S/C67H43BN2/c1-3-21-44(22-4-1)47-25-10-16-36-59(47)69-61-38-18-15-35-57(61)68-58-43-46(41-42-62(58)70(64-40-20-39-63(69)66(64)68)60-37-17-11-26-48(60)45-23-5-2-6-24-45)49-30-19-34-56-65(49)52-29-9-14-33-55(52)67(56)53-31-12-7-27-50(53)51-28-8-13-32-54(51)67/h1-43H. The Morgan fingerprint density at radius 3 is 1.27 bits per heavy atom. The van der Waals surface area contributed by atoms with Crippen LogP contribution < -0.4 is 26.2 Å². The molecule has 15 rings (SSSR count). The Balaban J connectivity index is 1.00. The van der Waals surface area contributed by atoms with Gasteiger partial charge in [0.15, 0.2) is 0 Å². The van der Waals surface area contributed by atoms with Crippen LogP contribution in [0.1, 0.15) is 22.3 Å². The second-order valence-corrected chi connectivity index (χ2v) is 19.0. The van der Waals surface area contributed by atoms with Crippen LogP contribution in [0.25, 0.3) is 55.6 Å². The summed E-state index contributed by atoms with van der Waals surface area (Å²) in [7, 11) is 0. The van der Waals surface area contributed by atoms with E-state index in [0.29, 0.717) is 0 Å². The fourth-order valence-electron chi connectivity index (χ4n) is 13.0. The van der Waals surface area contributed by atoms with Crippen molar-refractivity contribution >= 4 is 57.2 Å². The van der Waals surface area contributed by atoms with Gasteiger partial charge in [-0.05, 0) is 120 Å². The normalized spacial score (nSPS) is 13.7. The molecule has 2 heterocycles. The quantitative estimate of drug-likeness (QED) is 0.159. The number of benzene rings is 11. The van der Waals surface area contributed by atoms with Crippen LogP contribution in [0.5, 0.6) is 0 Å². The molecule has 0 atom stereocenters. The minimum atomic E-state index is -0.420. The maximum absolute atomic E-state index is 2.55. The molecule has 11 aromatic rings. The second kappa shape index (κ2) is 15.0. The van der Waals surface area contributed by atoms with Crippen LogP contribution in [0, 0.1) is 0 Å². The summed E-state index contributed by atoms with van der Waals surface area (Å²) in [5, 5.41) is 0. The van der Waals surface area contributed by atoms with Crippen molar-refractivity contribution in [2.75, 3.05) is 9.80 Å². The van der Waals surface area contributed by atoms with E-state index in [-0.39, 0.29) is 6.71 Å². The van der Waals surface area contributed by atoms with Crippen molar-refractivity contribution in [3.8, 4) is 55.6 Å². The topological polar surface area (TPSA) is 6.48 Å². The van der Waals surface area contributed by atoms with E-state index in [1.54, 1.807) is 0 Å². The van der Waals surface area contributed by atoms with Crippen molar-refractivity contribution in [2.45, 2.75) is 5.41 Å². The first-order valence-corrected chi connectivity index (χ1v) is 24.5. The summed E-state index contributed by atoms with van der Waals surface area (Å²) >= 11 is 0. The highest BCUT2D eigenvalue weighted by Gasteiger charge is 2.52. The molecule has 3 heteroatoms. The van der Waals surface area contributed by atoms with Gasteiger partial charge >= 0.3 is 0 Å². The van der Waals surface area contributed by atoms with Crippen LogP contribution in [0.4, 0.5) is 34.1 Å². The summed E-state index contributed by atoms with van der Waals surface area (Å²) < 4.78 is 0. The molecule has 0 aromatic heterocycles. The number of nitrogens with zero attached hydrogens (tertiary/aromatic N) is 2. The van der Waals surface area contributed by atoms with Gasteiger partial charge in [-0.15, -0.1) is 0 Å². The Morgan fingerprint density at radius 1 is 0.257 bits per heavy atom. The first kappa shape index (κ1) is 39.1. The lowest BCUT2D eigenvalue weighted by atomic mass is 9.33. The molecule has 11 aromatic carbocycles. The largest absolute Gasteiger partial charge is 0.311 e. The van der Waals surface area contributed by atoms with E-state index in [4.69, 9.17) is 0 Å². The summed E-state index contributed by atoms with van der Waals surface area (Å²) in [6, 6.07) is 97.4. The summed E-state index contributed by atoms with van der Waals surface area (Å²) in [6.07, 6.45) is 0. The molecule has 324 valence electrons. The Bertz CT molecular complexity index is 3870. The predicted octanol–water partition coefficient (Wildman–Crippen LogP) is 15.1. The molecule has 2 aliphatic carbocycles. The van der Waals surface area contributed by atoms with Gasteiger partial charge in [-0.2, -0.15) is 0 Å². The van der Waals surface area contributed by atoms with Gasteiger partial charge in [-0.1, -0.05) is 224 Å². The predicted molar refractivity (Wildman–Crippen MR) is 293 cm³/mol. The number of fused-ring (bicyclic) bond motifs is 14. The van der Waals surface area contributed by atoms with Crippen molar-refractivity contribution in [1.29, 1.82) is 0 Å². The van der Waals surface area contributed by atoms with Crippen molar-refractivity contribution in [1.82, 2.24) is 0 Å². The lowest BCUT2D eigenvalue weighted by molar-refractivity contribution is 0.794. The molecule has 0 saturated carbocycles. The van der Waals surface area contributed by atoms with Gasteiger partial charge in [0.05, 0.1) is 16.8 Å². The van der Waals surface area contributed by atoms with Gasteiger partial charge in [0.1, 0.15) is 0 Å². The number of hydrogen-bond acceptors (Lipinski definition) is 2. The molecule has 2 aliphatic heterocycles. The van der Waals surface area contributed by atoms with Gasteiger partial charge in [0.2, 0.25) is 0 Å². The van der Waals surface area contributed by atoms with Gasteiger partial charge in [0.25, 0.3) is 6.71 Å². The minimum absolute atomic E-state index is 0.0402. The van der Waals surface area contributed by atoms with Crippen LogP contribution in [-0.2, 0) is 5.41 Å². The molecule has 2 nitrogen and oxygen atoms in total. The number of hydrogen-bond donors (Lipinski definition) is 0. The van der Waals surface area contributed by atoms with E-state index in [0.717, 1.165) is 11.4 Å².